The van der Waals surface area contributed by atoms with E-state index in [0.29, 0.717) is 5.39 Å². The van der Waals surface area contributed by atoms with Gasteiger partial charge in [-0.05, 0) is 66.0 Å². The lowest BCUT2D eigenvalue weighted by Crippen LogP contribution is -2.26. The average molecular weight is 399 g/mol. The highest BCUT2D eigenvalue weighted by Gasteiger charge is 2.20. The van der Waals surface area contributed by atoms with Crippen molar-refractivity contribution in [1.29, 1.82) is 0 Å². The second-order valence-corrected chi connectivity index (χ2v) is 7.81. The molecule has 0 fully saturated rings. The van der Waals surface area contributed by atoms with Gasteiger partial charge in [0, 0.05) is 48.2 Å². The Morgan fingerprint density at radius 2 is 1.80 bits per heavy atom. The molecule has 4 nitrogen and oxygen atoms in total. The summed E-state index contributed by atoms with van der Waals surface area (Å²) in [5, 5.41) is 1.53. The zero-order valence-electron chi connectivity index (χ0n) is 16.7. The van der Waals surface area contributed by atoms with E-state index < -0.39 is 0 Å². The van der Waals surface area contributed by atoms with Crippen LogP contribution in [0, 0.1) is 5.82 Å². The molecule has 0 radical (unpaired) electrons. The number of likely N-dealkylation sites (N-methyl/N-ethyl adjacent to an activating group) is 1. The summed E-state index contributed by atoms with van der Waals surface area (Å²) in [5.74, 6) is -0.198. The number of pyridine rings is 1. The first-order valence-electron chi connectivity index (χ1n) is 10.1. The van der Waals surface area contributed by atoms with Gasteiger partial charge in [0.1, 0.15) is 5.82 Å². The lowest BCUT2D eigenvalue weighted by molar-refractivity contribution is 0.343. The van der Waals surface area contributed by atoms with E-state index >= 15 is 0 Å². The minimum Gasteiger partial charge on any atom is -0.340 e. The summed E-state index contributed by atoms with van der Waals surface area (Å²) >= 11 is 0. The molecule has 30 heavy (non-hydrogen) atoms. The van der Waals surface area contributed by atoms with Gasteiger partial charge in [-0.25, -0.2) is 4.39 Å². The van der Waals surface area contributed by atoms with Crippen LogP contribution in [0.2, 0.25) is 0 Å². The molecule has 0 atom stereocenters. The fourth-order valence-electron chi connectivity index (χ4n) is 4.19. The number of H-pyrrole nitrogens is 1. The van der Waals surface area contributed by atoms with Gasteiger partial charge in [-0.1, -0.05) is 24.3 Å². The molecule has 5 heteroatoms. The van der Waals surface area contributed by atoms with E-state index in [1.807, 2.05) is 30.3 Å². The number of fused-ring (bicyclic) bond motifs is 2. The maximum absolute atomic E-state index is 14.1. The van der Waals surface area contributed by atoms with Crippen LogP contribution in [0.15, 0.2) is 77.6 Å². The normalized spacial score (nSPS) is 14.5. The fourth-order valence-corrected chi connectivity index (χ4v) is 4.19. The summed E-state index contributed by atoms with van der Waals surface area (Å²) in [4.78, 5) is 19.2. The van der Waals surface area contributed by atoms with Crippen molar-refractivity contribution in [1.82, 2.24) is 9.88 Å². The van der Waals surface area contributed by atoms with Crippen molar-refractivity contribution in [2.45, 2.75) is 6.54 Å². The van der Waals surface area contributed by atoms with Gasteiger partial charge in [-0.15, -0.1) is 0 Å². The number of anilines is 2. The Bertz CT molecular complexity index is 1300. The minimum atomic E-state index is -0.198. The van der Waals surface area contributed by atoms with E-state index in [1.165, 1.54) is 17.7 Å². The van der Waals surface area contributed by atoms with Crippen LogP contribution in [0.4, 0.5) is 15.8 Å². The van der Waals surface area contributed by atoms with Crippen molar-refractivity contribution in [2.75, 3.05) is 25.0 Å². The molecule has 1 aliphatic heterocycles. The quantitative estimate of drug-likeness (QED) is 0.520. The van der Waals surface area contributed by atoms with Crippen molar-refractivity contribution in [3.8, 4) is 11.3 Å². The van der Waals surface area contributed by atoms with E-state index in [2.05, 4.69) is 40.0 Å². The number of hydrogen-bond acceptors (Lipinski definition) is 3. The van der Waals surface area contributed by atoms with Crippen LogP contribution in [-0.4, -0.2) is 30.0 Å². The Hall–Kier alpha value is -3.44. The number of halogens is 1. The largest absolute Gasteiger partial charge is 0.340 e. The smallest absolute Gasteiger partial charge is 0.248 e. The summed E-state index contributed by atoms with van der Waals surface area (Å²) in [6.07, 6.45) is 0. The second kappa shape index (κ2) is 7.43. The molecule has 5 rings (SSSR count). The molecule has 0 unspecified atom stereocenters. The third-order valence-corrected chi connectivity index (χ3v) is 5.72. The molecule has 1 aromatic heterocycles. The third-order valence-electron chi connectivity index (χ3n) is 5.72. The highest BCUT2D eigenvalue weighted by atomic mass is 19.1. The first-order chi connectivity index (χ1) is 14.6. The lowest BCUT2D eigenvalue weighted by Gasteiger charge is -2.25. The van der Waals surface area contributed by atoms with E-state index in [-0.39, 0.29) is 11.4 Å². The number of aromatic amines is 1. The predicted molar refractivity (Wildman–Crippen MR) is 120 cm³/mol. The Morgan fingerprint density at radius 3 is 2.67 bits per heavy atom. The summed E-state index contributed by atoms with van der Waals surface area (Å²) in [6, 6.07) is 22.6. The summed E-state index contributed by atoms with van der Waals surface area (Å²) < 4.78 is 14.1. The van der Waals surface area contributed by atoms with Gasteiger partial charge in [-0.2, -0.15) is 0 Å². The lowest BCUT2D eigenvalue weighted by atomic mass is 10.0. The van der Waals surface area contributed by atoms with Gasteiger partial charge in [0.05, 0.1) is 0 Å². The van der Waals surface area contributed by atoms with Crippen LogP contribution < -0.4 is 10.5 Å². The molecule has 2 heterocycles. The Balaban J connectivity index is 1.61. The maximum Gasteiger partial charge on any atom is 0.248 e. The molecule has 0 saturated carbocycles. The van der Waals surface area contributed by atoms with Gasteiger partial charge in [0.25, 0.3) is 0 Å². The Morgan fingerprint density at radius 1 is 0.933 bits per heavy atom. The highest BCUT2D eigenvalue weighted by molar-refractivity contribution is 5.88. The van der Waals surface area contributed by atoms with Gasteiger partial charge in [0.15, 0.2) is 0 Å². The topological polar surface area (TPSA) is 39.3 Å². The number of hydrogen-bond donors (Lipinski definition) is 1. The zero-order valence-corrected chi connectivity index (χ0v) is 16.7. The minimum absolute atomic E-state index is 0.107. The molecule has 1 aliphatic rings. The van der Waals surface area contributed by atoms with Gasteiger partial charge >= 0.3 is 0 Å². The van der Waals surface area contributed by atoms with E-state index in [9.17, 15) is 9.18 Å². The summed E-state index contributed by atoms with van der Waals surface area (Å²) in [5.41, 5.74) is 5.07. The van der Waals surface area contributed by atoms with E-state index in [0.717, 1.165) is 47.7 Å². The molecule has 3 aromatic carbocycles. The molecular weight excluding hydrogens is 377 g/mol. The SMILES string of the molecule is CN1CCN(c2ccc3c(F)cccc3c2)c2ccc(-c3cccc(=O)[nH]3)cc2C1. The van der Waals surface area contributed by atoms with Crippen LogP contribution in [0.5, 0.6) is 0 Å². The fraction of sp³-hybridized carbons (Fsp3) is 0.160. The van der Waals surface area contributed by atoms with Crippen molar-refractivity contribution in [3.63, 3.8) is 0 Å². The van der Waals surface area contributed by atoms with E-state index in [1.54, 1.807) is 12.1 Å². The van der Waals surface area contributed by atoms with Crippen LogP contribution in [0.3, 0.4) is 0 Å². The number of aromatic nitrogens is 1. The Labute approximate surface area is 174 Å². The van der Waals surface area contributed by atoms with E-state index in [4.69, 9.17) is 0 Å². The number of nitrogens with one attached hydrogen (secondary N) is 1. The van der Waals surface area contributed by atoms with Crippen molar-refractivity contribution in [3.05, 3.63) is 94.5 Å². The average Bonchev–Trinajstić information content (AvgIpc) is 2.91. The summed E-state index contributed by atoms with van der Waals surface area (Å²) in [7, 11) is 2.11. The molecule has 1 N–H and O–H groups in total. The van der Waals surface area contributed by atoms with Crippen LogP contribution in [-0.2, 0) is 6.54 Å². The second-order valence-electron chi connectivity index (χ2n) is 7.81. The zero-order chi connectivity index (χ0) is 20.7. The van der Waals surface area contributed by atoms with Crippen molar-refractivity contribution < 1.29 is 4.39 Å². The highest BCUT2D eigenvalue weighted by Crippen LogP contribution is 2.35. The molecule has 0 bridgehead atoms. The molecule has 0 amide bonds. The molecule has 4 aromatic rings. The van der Waals surface area contributed by atoms with Gasteiger partial charge in [0.2, 0.25) is 5.56 Å². The standard InChI is InChI=1S/C25H22FN3O/c1-28-12-13-29(20-9-10-21-17(15-20)4-2-5-22(21)26)24-11-8-18(14-19(24)16-28)23-6-3-7-25(30)27-23/h2-11,14-15H,12-13,16H2,1H3,(H,27,30). The first-order valence-corrected chi connectivity index (χ1v) is 10.1. The number of nitrogens with zero attached hydrogens (tertiary/aromatic N) is 2. The van der Waals surface area contributed by atoms with Gasteiger partial charge in [-0.3, -0.25) is 4.79 Å². The summed E-state index contributed by atoms with van der Waals surface area (Å²) in [6.45, 7) is 2.57. The number of rotatable bonds is 2. The maximum atomic E-state index is 14.1. The van der Waals surface area contributed by atoms with Crippen LogP contribution in [0.1, 0.15) is 5.56 Å². The van der Waals surface area contributed by atoms with Gasteiger partial charge < -0.3 is 14.8 Å². The monoisotopic (exact) mass is 399 g/mol. The molecular formula is C25H22FN3O. The Kier molecular flexibility index (Phi) is 4.60. The first kappa shape index (κ1) is 18.6. The molecule has 0 spiro atoms. The predicted octanol–water partition coefficient (Wildman–Crippen LogP) is 4.92. The van der Waals surface area contributed by atoms with Crippen molar-refractivity contribution >= 4 is 22.1 Å². The number of benzene rings is 3. The van der Waals surface area contributed by atoms with Crippen molar-refractivity contribution in [2.24, 2.45) is 0 Å². The van der Waals surface area contributed by atoms with Crippen LogP contribution >= 0.6 is 0 Å². The molecule has 150 valence electrons. The van der Waals surface area contributed by atoms with Crippen LogP contribution in [0.25, 0.3) is 22.0 Å². The molecule has 0 saturated heterocycles. The third kappa shape index (κ3) is 3.37. The molecule has 0 aliphatic carbocycles.